The van der Waals surface area contributed by atoms with Crippen LogP contribution >= 0.6 is 0 Å². The maximum atomic E-state index is 13.1. The molecule has 1 saturated heterocycles. The van der Waals surface area contributed by atoms with Crippen LogP contribution in [0, 0.1) is 11.8 Å². The minimum Gasteiger partial charge on any atom is -0.480 e. The first-order chi connectivity index (χ1) is 9.32. The van der Waals surface area contributed by atoms with Crippen molar-refractivity contribution >= 4 is 11.9 Å². The highest BCUT2D eigenvalue weighted by molar-refractivity contribution is 5.85. The van der Waals surface area contributed by atoms with Gasteiger partial charge in [-0.05, 0) is 31.6 Å². The van der Waals surface area contributed by atoms with E-state index in [9.17, 15) is 23.5 Å². The Bertz CT molecular complexity index is 390. The Hall–Kier alpha value is -1.20. The molecule has 0 bridgehead atoms. The van der Waals surface area contributed by atoms with Crippen molar-refractivity contribution in [2.45, 2.75) is 57.4 Å². The molecule has 1 amide bonds. The van der Waals surface area contributed by atoms with Crippen LogP contribution in [0.15, 0.2) is 0 Å². The van der Waals surface area contributed by atoms with Gasteiger partial charge in [0.1, 0.15) is 6.04 Å². The molecule has 4 nitrogen and oxygen atoms in total. The first kappa shape index (κ1) is 15.2. The summed E-state index contributed by atoms with van der Waals surface area (Å²) in [5.74, 6) is -4.44. The summed E-state index contributed by atoms with van der Waals surface area (Å²) >= 11 is 0. The molecule has 20 heavy (non-hydrogen) atoms. The molecule has 2 atom stereocenters. The number of carbonyl (C=O) groups is 2. The minimum atomic E-state index is -2.67. The number of carbonyl (C=O) groups excluding carboxylic acids is 1. The highest BCUT2D eigenvalue weighted by Gasteiger charge is 2.43. The summed E-state index contributed by atoms with van der Waals surface area (Å²) in [6.45, 7) is 2.25. The second-order valence-corrected chi connectivity index (χ2v) is 6.06. The van der Waals surface area contributed by atoms with E-state index in [-0.39, 0.29) is 37.5 Å². The SMILES string of the molecule is CC1CCCN(C(=O)C2CCC(F)(F)CC2)C1C(=O)O. The standard InChI is InChI=1S/C14H21F2NO3/c1-9-3-2-8-17(11(9)13(19)20)12(18)10-4-6-14(15,16)7-5-10/h9-11H,2-8H2,1H3,(H,19,20). The highest BCUT2D eigenvalue weighted by atomic mass is 19.3. The zero-order chi connectivity index (χ0) is 14.9. The molecule has 6 heteroatoms. The van der Waals surface area contributed by atoms with Crippen molar-refractivity contribution in [2.24, 2.45) is 11.8 Å². The van der Waals surface area contributed by atoms with E-state index in [4.69, 9.17) is 0 Å². The van der Waals surface area contributed by atoms with Crippen molar-refractivity contribution in [2.75, 3.05) is 6.54 Å². The number of nitrogens with zero attached hydrogens (tertiary/aromatic N) is 1. The number of aliphatic carboxylic acids is 1. The molecule has 0 aromatic heterocycles. The van der Waals surface area contributed by atoms with Crippen LogP contribution in [0.2, 0.25) is 0 Å². The number of amides is 1. The molecule has 2 rings (SSSR count). The average Bonchev–Trinajstić information content (AvgIpc) is 2.37. The third-order valence-electron chi connectivity index (χ3n) is 4.54. The topological polar surface area (TPSA) is 57.6 Å². The van der Waals surface area contributed by atoms with E-state index in [2.05, 4.69) is 0 Å². The molecule has 114 valence electrons. The van der Waals surface area contributed by atoms with E-state index in [0.717, 1.165) is 12.8 Å². The molecule has 2 aliphatic rings. The summed E-state index contributed by atoms with van der Waals surface area (Å²) in [6.07, 6.45) is 1.32. The Morgan fingerprint density at radius 2 is 1.80 bits per heavy atom. The van der Waals surface area contributed by atoms with Gasteiger partial charge in [-0.15, -0.1) is 0 Å². The number of hydrogen-bond donors (Lipinski definition) is 1. The maximum Gasteiger partial charge on any atom is 0.326 e. The summed E-state index contributed by atoms with van der Waals surface area (Å²) in [5, 5.41) is 9.30. The van der Waals surface area contributed by atoms with Gasteiger partial charge < -0.3 is 10.0 Å². The summed E-state index contributed by atoms with van der Waals surface area (Å²) < 4.78 is 26.3. The van der Waals surface area contributed by atoms with Gasteiger partial charge in [0.15, 0.2) is 0 Å². The predicted octanol–water partition coefficient (Wildman–Crippen LogP) is 2.52. The molecule has 0 aromatic carbocycles. The molecule has 1 aliphatic carbocycles. The van der Waals surface area contributed by atoms with Gasteiger partial charge in [-0.25, -0.2) is 13.6 Å². The lowest BCUT2D eigenvalue weighted by Crippen LogP contribution is -2.54. The van der Waals surface area contributed by atoms with E-state index < -0.39 is 23.9 Å². The second kappa shape index (κ2) is 5.66. The Kier molecular flexibility index (Phi) is 4.30. The first-order valence-corrected chi connectivity index (χ1v) is 7.23. The second-order valence-electron chi connectivity index (χ2n) is 6.06. The van der Waals surface area contributed by atoms with Gasteiger partial charge in [0.2, 0.25) is 11.8 Å². The lowest BCUT2D eigenvalue weighted by Gasteiger charge is -2.40. The van der Waals surface area contributed by atoms with Gasteiger partial charge in [-0.1, -0.05) is 6.92 Å². The van der Waals surface area contributed by atoms with E-state index in [1.165, 1.54) is 4.90 Å². The van der Waals surface area contributed by atoms with Gasteiger partial charge in [-0.2, -0.15) is 0 Å². The Labute approximate surface area is 117 Å². The minimum absolute atomic E-state index is 0.0877. The molecule has 2 fully saturated rings. The van der Waals surface area contributed by atoms with Crippen LogP contribution in [-0.4, -0.2) is 40.4 Å². The van der Waals surface area contributed by atoms with Crippen LogP contribution < -0.4 is 0 Å². The smallest absolute Gasteiger partial charge is 0.326 e. The normalized spacial score (nSPS) is 31.1. The van der Waals surface area contributed by atoms with E-state index in [0.29, 0.717) is 6.54 Å². The van der Waals surface area contributed by atoms with Crippen molar-refractivity contribution in [3.8, 4) is 0 Å². The van der Waals surface area contributed by atoms with Crippen molar-refractivity contribution in [3.05, 3.63) is 0 Å². The van der Waals surface area contributed by atoms with Gasteiger partial charge >= 0.3 is 5.97 Å². The molecule has 1 saturated carbocycles. The average molecular weight is 289 g/mol. The summed E-state index contributed by atoms with van der Waals surface area (Å²) in [7, 11) is 0. The number of rotatable bonds is 2. The lowest BCUT2D eigenvalue weighted by molar-refractivity contribution is -0.158. The van der Waals surface area contributed by atoms with Gasteiger partial charge in [0.25, 0.3) is 0 Å². The number of halogens is 2. The van der Waals surface area contributed by atoms with Gasteiger partial charge in [0.05, 0.1) is 0 Å². The number of carboxylic acids is 1. The quantitative estimate of drug-likeness (QED) is 0.850. The largest absolute Gasteiger partial charge is 0.480 e. The molecule has 2 unspecified atom stereocenters. The summed E-state index contributed by atoms with van der Waals surface area (Å²) in [5.41, 5.74) is 0. The van der Waals surface area contributed by atoms with Crippen LogP contribution in [0.3, 0.4) is 0 Å². The fraction of sp³-hybridized carbons (Fsp3) is 0.857. The van der Waals surface area contributed by atoms with Crippen LogP contribution in [-0.2, 0) is 9.59 Å². The van der Waals surface area contributed by atoms with E-state index in [1.54, 1.807) is 0 Å². The summed E-state index contributed by atoms with van der Waals surface area (Å²) in [6, 6.07) is -0.807. The maximum absolute atomic E-state index is 13.1. The van der Waals surface area contributed by atoms with Crippen LogP contribution in [0.25, 0.3) is 0 Å². The van der Waals surface area contributed by atoms with E-state index in [1.807, 2.05) is 6.92 Å². The molecule has 0 radical (unpaired) electrons. The lowest BCUT2D eigenvalue weighted by atomic mass is 9.83. The Balaban J connectivity index is 2.05. The number of hydrogen-bond acceptors (Lipinski definition) is 2. The van der Waals surface area contributed by atoms with E-state index >= 15 is 0 Å². The highest BCUT2D eigenvalue weighted by Crippen LogP contribution is 2.38. The zero-order valence-corrected chi connectivity index (χ0v) is 11.6. The van der Waals surface area contributed by atoms with Crippen LogP contribution in [0.5, 0.6) is 0 Å². The van der Waals surface area contributed by atoms with Crippen molar-refractivity contribution in [1.82, 2.24) is 4.90 Å². The molecular formula is C14H21F2NO3. The molecule has 1 N–H and O–H groups in total. The third-order valence-corrected chi connectivity index (χ3v) is 4.54. The summed E-state index contributed by atoms with van der Waals surface area (Å²) in [4.78, 5) is 25.2. The van der Waals surface area contributed by atoms with Crippen molar-refractivity contribution in [1.29, 1.82) is 0 Å². The number of alkyl halides is 2. The molecule has 0 aromatic rings. The third kappa shape index (κ3) is 3.10. The van der Waals surface area contributed by atoms with Gasteiger partial charge in [-0.3, -0.25) is 4.79 Å². The number of likely N-dealkylation sites (tertiary alicyclic amines) is 1. The first-order valence-electron chi connectivity index (χ1n) is 7.23. The molecule has 1 aliphatic heterocycles. The van der Waals surface area contributed by atoms with Gasteiger partial charge in [0, 0.05) is 25.3 Å². The van der Waals surface area contributed by atoms with Crippen LogP contribution in [0.1, 0.15) is 45.4 Å². The zero-order valence-electron chi connectivity index (χ0n) is 11.6. The number of carboxylic acid groups (broad SMARTS) is 1. The fourth-order valence-electron chi connectivity index (χ4n) is 3.33. The number of piperidine rings is 1. The fourth-order valence-corrected chi connectivity index (χ4v) is 3.33. The Morgan fingerprint density at radius 1 is 1.20 bits per heavy atom. The van der Waals surface area contributed by atoms with Crippen molar-refractivity contribution in [3.63, 3.8) is 0 Å². The molecule has 1 heterocycles. The Morgan fingerprint density at radius 3 is 2.35 bits per heavy atom. The van der Waals surface area contributed by atoms with Crippen molar-refractivity contribution < 1.29 is 23.5 Å². The monoisotopic (exact) mass is 289 g/mol. The molecule has 0 spiro atoms. The molecular weight excluding hydrogens is 268 g/mol. The van der Waals surface area contributed by atoms with Crippen LogP contribution in [0.4, 0.5) is 8.78 Å². The predicted molar refractivity (Wildman–Crippen MR) is 68.4 cm³/mol.